The maximum absolute atomic E-state index is 5.94. The molecule has 0 saturated carbocycles. The lowest BCUT2D eigenvalue weighted by molar-refractivity contribution is -0.0416. The third-order valence-electron chi connectivity index (χ3n) is 4.05. The van der Waals surface area contributed by atoms with E-state index in [0.717, 1.165) is 31.2 Å². The summed E-state index contributed by atoms with van der Waals surface area (Å²) in [4.78, 5) is 11.2. The number of ether oxygens (including phenoxy) is 1. The number of hydrogen-bond acceptors (Lipinski definition) is 6. The van der Waals surface area contributed by atoms with E-state index >= 15 is 0 Å². The average molecular weight is 277 g/mol. The summed E-state index contributed by atoms with van der Waals surface area (Å²) in [6.07, 6.45) is 2.85. The first-order chi connectivity index (χ1) is 9.74. The van der Waals surface area contributed by atoms with Crippen molar-refractivity contribution >= 4 is 11.8 Å². The number of morpholine rings is 1. The summed E-state index contributed by atoms with van der Waals surface area (Å²) in [5.41, 5.74) is 0.955. The van der Waals surface area contributed by atoms with E-state index in [1.54, 1.807) is 0 Å². The van der Waals surface area contributed by atoms with Gasteiger partial charge in [-0.1, -0.05) is 0 Å². The molecule has 2 aliphatic heterocycles. The van der Waals surface area contributed by atoms with Crippen LogP contribution in [0.25, 0.3) is 0 Å². The van der Waals surface area contributed by atoms with Crippen molar-refractivity contribution in [1.82, 2.24) is 14.9 Å². The molecule has 0 aliphatic carbocycles. The summed E-state index contributed by atoms with van der Waals surface area (Å²) >= 11 is 0. The lowest BCUT2D eigenvalue weighted by Gasteiger charge is -2.35. The van der Waals surface area contributed by atoms with Crippen LogP contribution in [-0.2, 0) is 4.74 Å². The molecule has 1 aromatic heterocycles. The van der Waals surface area contributed by atoms with Gasteiger partial charge in [0.15, 0.2) is 0 Å². The van der Waals surface area contributed by atoms with Crippen molar-refractivity contribution in [3.05, 3.63) is 11.8 Å². The molecule has 20 heavy (non-hydrogen) atoms. The Kier molecular flexibility index (Phi) is 4.03. The molecule has 6 nitrogen and oxygen atoms in total. The van der Waals surface area contributed by atoms with Crippen LogP contribution in [0.4, 0.5) is 11.8 Å². The summed E-state index contributed by atoms with van der Waals surface area (Å²) < 4.78 is 5.94. The maximum Gasteiger partial charge on any atom is 0.224 e. The van der Waals surface area contributed by atoms with E-state index in [9.17, 15) is 0 Å². The maximum atomic E-state index is 5.94. The Bertz CT molecular complexity index is 467. The standard InChI is InChI=1S/C14H23N5O/c1-10-6-13(18-14(15-2)17-10)16-7-12-8-19-5-3-4-11(19)9-20-12/h6,11-12H,3-5,7-9H2,1-2H3,(H2,15,16,17,18). The fourth-order valence-corrected chi connectivity index (χ4v) is 3.00. The number of rotatable bonds is 4. The van der Waals surface area contributed by atoms with Crippen LogP contribution in [0.3, 0.4) is 0 Å². The molecule has 6 heteroatoms. The molecule has 2 fully saturated rings. The molecule has 0 amide bonds. The van der Waals surface area contributed by atoms with Crippen molar-refractivity contribution in [1.29, 1.82) is 0 Å². The van der Waals surface area contributed by atoms with E-state index in [1.807, 2.05) is 20.0 Å². The molecule has 3 rings (SSSR count). The second-order valence-corrected chi connectivity index (χ2v) is 5.60. The smallest absolute Gasteiger partial charge is 0.224 e. The van der Waals surface area contributed by atoms with Gasteiger partial charge in [0.25, 0.3) is 0 Å². The van der Waals surface area contributed by atoms with Gasteiger partial charge in [-0.15, -0.1) is 0 Å². The van der Waals surface area contributed by atoms with E-state index in [0.29, 0.717) is 12.0 Å². The van der Waals surface area contributed by atoms with Crippen LogP contribution in [-0.4, -0.2) is 60.3 Å². The van der Waals surface area contributed by atoms with Gasteiger partial charge in [-0.2, -0.15) is 4.98 Å². The zero-order chi connectivity index (χ0) is 13.9. The van der Waals surface area contributed by atoms with Gasteiger partial charge in [-0.25, -0.2) is 4.98 Å². The molecule has 0 radical (unpaired) electrons. The first-order valence-electron chi connectivity index (χ1n) is 7.37. The normalized spacial score (nSPS) is 26.3. The third-order valence-corrected chi connectivity index (χ3v) is 4.05. The summed E-state index contributed by atoms with van der Waals surface area (Å²) in [5.74, 6) is 1.51. The predicted molar refractivity (Wildman–Crippen MR) is 79.1 cm³/mol. The van der Waals surface area contributed by atoms with Gasteiger partial charge in [0.2, 0.25) is 5.95 Å². The van der Waals surface area contributed by atoms with Crippen LogP contribution in [0.1, 0.15) is 18.5 Å². The van der Waals surface area contributed by atoms with E-state index in [2.05, 4.69) is 25.5 Å². The van der Waals surface area contributed by atoms with Crippen molar-refractivity contribution < 1.29 is 4.74 Å². The van der Waals surface area contributed by atoms with Crippen LogP contribution in [0, 0.1) is 6.92 Å². The summed E-state index contributed by atoms with van der Waals surface area (Å²) in [6, 6.07) is 2.62. The van der Waals surface area contributed by atoms with E-state index in [4.69, 9.17) is 4.74 Å². The second kappa shape index (κ2) is 5.93. The second-order valence-electron chi connectivity index (χ2n) is 5.60. The monoisotopic (exact) mass is 277 g/mol. The molecule has 2 N–H and O–H groups in total. The Labute approximate surface area is 119 Å². The van der Waals surface area contributed by atoms with Gasteiger partial charge in [-0.3, -0.25) is 4.90 Å². The number of aromatic nitrogens is 2. The highest BCUT2D eigenvalue weighted by Crippen LogP contribution is 2.22. The van der Waals surface area contributed by atoms with Gasteiger partial charge in [0.1, 0.15) is 5.82 Å². The molecular weight excluding hydrogens is 254 g/mol. The Balaban J connectivity index is 1.55. The lowest BCUT2D eigenvalue weighted by Crippen LogP contribution is -2.48. The van der Waals surface area contributed by atoms with Gasteiger partial charge in [0, 0.05) is 37.9 Å². The topological polar surface area (TPSA) is 62.3 Å². The van der Waals surface area contributed by atoms with E-state index in [-0.39, 0.29) is 6.10 Å². The molecule has 0 spiro atoms. The van der Waals surface area contributed by atoms with Crippen LogP contribution >= 0.6 is 0 Å². The molecule has 3 heterocycles. The number of hydrogen-bond donors (Lipinski definition) is 2. The van der Waals surface area contributed by atoms with Crippen LogP contribution in [0.15, 0.2) is 6.07 Å². The predicted octanol–water partition coefficient (Wildman–Crippen LogP) is 1.10. The van der Waals surface area contributed by atoms with E-state index in [1.165, 1.54) is 19.4 Å². The average Bonchev–Trinajstić information content (AvgIpc) is 2.92. The van der Waals surface area contributed by atoms with Gasteiger partial charge in [-0.05, 0) is 26.3 Å². The fourth-order valence-electron chi connectivity index (χ4n) is 3.00. The van der Waals surface area contributed by atoms with Crippen molar-refractivity contribution in [2.45, 2.75) is 31.9 Å². The van der Waals surface area contributed by atoms with Crippen LogP contribution in [0.2, 0.25) is 0 Å². The third kappa shape index (κ3) is 3.02. The van der Waals surface area contributed by atoms with Crippen LogP contribution < -0.4 is 10.6 Å². The summed E-state index contributed by atoms with van der Waals surface area (Å²) in [5, 5.41) is 6.34. The number of nitrogens with one attached hydrogen (secondary N) is 2. The molecular formula is C14H23N5O. The highest BCUT2D eigenvalue weighted by Gasteiger charge is 2.31. The van der Waals surface area contributed by atoms with Gasteiger partial charge >= 0.3 is 0 Å². The largest absolute Gasteiger partial charge is 0.373 e. The molecule has 2 unspecified atom stereocenters. The minimum Gasteiger partial charge on any atom is -0.373 e. The number of fused-ring (bicyclic) bond motifs is 1. The number of aryl methyl sites for hydroxylation is 1. The van der Waals surface area contributed by atoms with Gasteiger partial charge in [0.05, 0.1) is 12.7 Å². The van der Waals surface area contributed by atoms with Crippen molar-refractivity contribution in [3.8, 4) is 0 Å². The Morgan fingerprint density at radius 2 is 2.35 bits per heavy atom. The number of anilines is 2. The Morgan fingerprint density at radius 1 is 1.45 bits per heavy atom. The van der Waals surface area contributed by atoms with Gasteiger partial charge < -0.3 is 15.4 Å². The first kappa shape index (κ1) is 13.6. The molecule has 1 aromatic rings. The molecule has 0 aromatic carbocycles. The highest BCUT2D eigenvalue weighted by atomic mass is 16.5. The quantitative estimate of drug-likeness (QED) is 0.859. The van der Waals surface area contributed by atoms with Crippen molar-refractivity contribution in [2.24, 2.45) is 0 Å². The molecule has 2 atom stereocenters. The Hall–Kier alpha value is -1.40. The number of nitrogens with zero attached hydrogens (tertiary/aromatic N) is 3. The summed E-state index contributed by atoms with van der Waals surface area (Å²) in [6.45, 7) is 5.89. The Morgan fingerprint density at radius 3 is 3.20 bits per heavy atom. The minimum absolute atomic E-state index is 0.248. The van der Waals surface area contributed by atoms with Crippen molar-refractivity contribution in [2.75, 3.05) is 43.9 Å². The fraction of sp³-hybridized carbons (Fsp3) is 0.714. The molecule has 0 bridgehead atoms. The SMILES string of the molecule is CNc1nc(C)cc(NCC2CN3CCCC3CO2)n1. The molecule has 110 valence electrons. The highest BCUT2D eigenvalue weighted by molar-refractivity contribution is 5.41. The molecule has 2 saturated heterocycles. The minimum atomic E-state index is 0.248. The zero-order valence-corrected chi connectivity index (χ0v) is 12.2. The summed E-state index contributed by atoms with van der Waals surface area (Å²) in [7, 11) is 1.83. The zero-order valence-electron chi connectivity index (χ0n) is 12.2. The van der Waals surface area contributed by atoms with E-state index < -0.39 is 0 Å². The lowest BCUT2D eigenvalue weighted by atomic mass is 10.2. The molecule has 2 aliphatic rings. The van der Waals surface area contributed by atoms with Crippen molar-refractivity contribution in [3.63, 3.8) is 0 Å². The van der Waals surface area contributed by atoms with Crippen LogP contribution in [0.5, 0.6) is 0 Å². The first-order valence-corrected chi connectivity index (χ1v) is 7.37.